The fraction of sp³-hybridized carbons (Fsp3) is 1.00. The monoisotopic (exact) mass is 261 g/mol. The molecule has 0 bridgehead atoms. The summed E-state index contributed by atoms with van der Waals surface area (Å²) in [6, 6.07) is 0.869. The number of hydrogen-bond donors (Lipinski definition) is 2. The lowest BCUT2D eigenvalue weighted by atomic mass is 10.3. The summed E-state index contributed by atoms with van der Waals surface area (Å²) >= 11 is 0. The van der Waals surface area contributed by atoms with Crippen LogP contribution in [0, 0.1) is 0 Å². The van der Waals surface area contributed by atoms with Crippen molar-refractivity contribution in [3.63, 3.8) is 0 Å². The predicted octanol–water partition coefficient (Wildman–Crippen LogP) is -0.248. The van der Waals surface area contributed by atoms with Crippen molar-refractivity contribution in [2.45, 2.75) is 38.3 Å². The van der Waals surface area contributed by atoms with Crippen molar-refractivity contribution in [2.75, 3.05) is 31.9 Å². The molecule has 0 amide bonds. The molecule has 6 heteroatoms. The van der Waals surface area contributed by atoms with Gasteiger partial charge in [-0.1, -0.05) is 6.92 Å². The van der Waals surface area contributed by atoms with Crippen molar-refractivity contribution < 1.29 is 8.42 Å². The van der Waals surface area contributed by atoms with Gasteiger partial charge in [-0.25, -0.2) is 13.1 Å². The van der Waals surface area contributed by atoms with E-state index in [0.717, 1.165) is 32.1 Å². The predicted molar refractivity (Wildman–Crippen MR) is 68.5 cm³/mol. The zero-order chi connectivity index (χ0) is 12.3. The highest BCUT2D eigenvalue weighted by atomic mass is 32.2. The molecule has 0 radical (unpaired) electrons. The van der Waals surface area contributed by atoms with Gasteiger partial charge in [0.25, 0.3) is 0 Å². The molecule has 0 spiro atoms. The Labute approximate surface area is 104 Å². The number of sulfonamides is 1. The van der Waals surface area contributed by atoms with Gasteiger partial charge in [0.05, 0.1) is 5.75 Å². The minimum atomic E-state index is -3.11. The molecular weight excluding hydrogens is 238 g/mol. The van der Waals surface area contributed by atoms with Crippen LogP contribution in [0.1, 0.15) is 26.2 Å². The molecule has 2 N–H and O–H groups in total. The Balaban J connectivity index is 1.72. The highest BCUT2D eigenvalue weighted by Crippen LogP contribution is 2.29. The summed E-state index contributed by atoms with van der Waals surface area (Å²) in [5.41, 5.74) is 0. The molecule has 1 unspecified atom stereocenters. The zero-order valence-electron chi connectivity index (χ0n) is 10.5. The van der Waals surface area contributed by atoms with E-state index in [9.17, 15) is 8.42 Å². The Morgan fingerprint density at radius 2 is 2.06 bits per heavy atom. The van der Waals surface area contributed by atoms with Crippen molar-refractivity contribution >= 4 is 10.0 Å². The smallest absolute Gasteiger partial charge is 0.213 e. The van der Waals surface area contributed by atoms with Crippen molar-refractivity contribution in [1.29, 1.82) is 0 Å². The van der Waals surface area contributed by atoms with Crippen LogP contribution in [0.4, 0.5) is 0 Å². The first kappa shape index (κ1) is 13.3. The highest BCUT2D eigenvalue weighted by molar-refractivity contribution is 7.89. The van der Waals surface area contributed by atoms with Gasteiger partial charge in [0.2, 0.25) is 10.0 Å². The Bertz CT molecular complexity index is 341. The Morgan fingerprint density at radius 3 is 2.71 bits per heavy atom. The van der Waals surface area contributed by atoms with Gasteiger partial charge in [-0.05, 0) is 25.8 Å². The molecular formula is C11H23N3O2S. The molecule has 100 valence electrons. The number of nitrogens with one attached hydrogen (secondary N) is 2. The van der Waals surface area contributed by atoms with E-state index in [2.05, 4.69) is 14.9 Å². The van der Waals surface area contributed by atoms with E-state index in [1.54, 1.807) is 0 Å². The normalized spacial score (nSPS) is 26.5. The second-order valence-corrected chi connectivity index (χ2v) is 6.88. The summed E-state index contributed by atoms with van der Waals surface area (Å²) in [5, 5.41) is 3.04. The molecule has 17 heavy (non-hydrogen) atoms. The van der Waals surface area contributed by atoms with Gasteiger partial charge in [0.1, 0.15) is 0 Å². The van der Waals surface area contributed by atoms with E-state index in [1.165, 1.54) is 12.8 Å². The molecule has 0 aromatic heterocycles. The summed E-state index contributed by atoms with van der Waals surface area (Å²) in [6.45, 7) is 5.26. The van der Waals surface area contributed by atoms with Crippen LogP contribution in [0.25, 0.3) is 0 Å². The SMILES string of the molecule is CCNCCS(=O)(=O)NC1CCN(C2CC2)C1. The van der Waals surface area contributed by atoms with E-state index in [1.807, 2.05) is 6.92 Å². The molecule has 1 heterocycles. The third-order valence-corrected chi connectivity index (χ3v) is 4.86. The number of nitrogens with zero attached hydrogens (tertiary/aromatic N) is 1. The van der Waals surface area contributed by atoms with E-state index < -0.39 is 10.0 Å². The quantitative estimate of drug-likeness (QED) is 0.621. The lowest BCUT2D eigenvalue weighted by molar-refractivity contribution is 0.322. The standard InChI is InChI=1S/C11H23N3O2S/c1-2-12-6-8-17(15,16)13-10-5-7-14(9-10)11-3-4-11/h10-13H,2-9H2,1H3. The first-order chi connectivity index (χ1) is 8.11. The summed E-state index contributed by atoms with van der Waals surface area (Å²) in [5.74, 6) is 0.181. The molecule has 1 aliphatic heterocycles. The van der Waals surface area contributed by atoms with E-state index in [4.69, 9.17) is 0 Å². The lowest BCUT2D eigenvalue weighted by Gasteiger charge is -2.15. The second kappa shape index (κ2) is 5.65. The summed E-state index contributed by atoms with van der Waals surface area (Å²) < 4.78 is 26.4. The van der Waals surface area contributed by atoms with Gasteiger partial charge in [-0.2, -0.15) is 0 Å². The maximum absolute atomic E-state index is 11.8. The van der Waals surface area contributed by atoms with Gasteiger partial charge < -0.3 is 5.32 Å². The summed E-state index contributed by atoms with van der Waals surface area (Å²) in [4.78, 5) is 2.41. The van der Waals surface area contributed by atoms with E-state index in [0.29, 0.717) is 6.54 Å². The molecule has 1 saturated carbocycles. The van der Waals surface area contributed by atoms with Crippen LogP contribution in [0.5, 0.6) is 0 Å². The Morgan fingerprint density at radius 1 is 1.29 bits per heavy atom. The van der Waals surface area contributed by atoms with Crippen molar-refractivity contribution in [3.8, 4) is 0 Å². The van der Waals surface area contributed by atoms with Crippen LogP contribution in [0.2, 0.25) is 0 Å². The molecule has 1 atom stereocenters. The van der Waals surface area contributed by atoms with Crippen molar-refractivity contribution in [3.05, 3.63) is 0 Å². The summed E-state index contributed by atoms with van der Waals surface area (Å²) in [7, 11) is -3.11. The molecule has 5 nitrogen and oxygen atoms in total. The lowest BCUT2D eigenvalue weighted by Crippen LogP contribution is -2.40. The van der Waals surface area contributed by atoms with Gasteiger partial charge in [0, 0.05) is 31.7 Å². The maximum Gasteiger partial charge on any atom is 0.213 e. The van der Waals surface area contributed by atoms with E-state index >= 15 is 0 Å². The van der Waals surface area contributed by atoms with Crippen LogP contribution < -0.4 is 10.0 Å². The first-order valence-corrected chi connectivity index (χ1v) is 8.20. The topological polar surface area (TPSA) is 61.4 Å². The van der Waals surface area contributed by atoms with Crippen molar-refractivity contribution in [1.82, 2.24) is 14.9 Å². The average Bonchev–Trinajstić information content (AvgIpc) is 3.01. The Hall–Kier alpha value is -0.170. The molecule has 1 saturated heterocycles. The minimum Gasteiger partial charge on any atom is -0.316 e. The fourth-order valence-corrected chi connectivity index (χ4v) is 3.58. The summed E-state index contributed by atoms with van der Waals surface area (Å²) in [6.07, 6.45) is 3.54. The molecule has 0 aromatic carbocycles. The van der Waals surface area contributed by atoms with Crippen LogP contribution in [-0.2, 0) is 10.0 Å². The van der Waals surface area contributed by atoms with Crippen molar-refractivity contribution in [2.24, 2.45) is 0 Å². The zero-order valence-corrected chi connectivity index (χ0v) is 11.3. The largest absolute Gasteiger partial charge is 0.316 e. The molecule has 1 aliphatic carbocycles. The molecule has 2 aliphatic rings. The number of likely N-dealkylation sites (tertiary alicyclic amines) is 1. The fourth-order valence-electron chi connectivity index (χ4n) is 2.35. The first-order valence-electron chi connectivity index (χ1n) is 6.55. The number of rotatable bonds is 7. The highest BCUT2D eigenvalue weighted by Gasteiger charge is 2.35. The van der Waals surface area contributed by atoms with Gasteiger partial charge >= 0.3 is 0 Å². The molecule has 0 aromatic rings. The van der Waals surface area contributed by atoms with Crippen LogP contribution in [0.3, 0.4) is 0 Å². The minimum absolute atomic E-state index is 0.127. The Kier molecular flexibility index (Phi) is 4.41. The number of hydrogen-bond acceptors (Lipinski definition) is 4. The third-order valence-electron chi connectivity index (χ3n) is 3.43. The van der Waals surface area contributed by atoms with Crippen LogP contribution in [-0.4, -0.2) is 57.3 Å². The van der Waals surface area contributed by atoms with E-state index in [-0.39, 0.29) is 11.8 Å². The second-order valence-electron chi connectivity index (χ2n) is 5.00. The third kappa shape index (κ3) is 4.21. The van der Waals surface area contributed by atoms with Crippen LogP contribution in [0.15, 0.2) is 0 Å². The maximum atomic E-state index is 11.8. The average molecular weight is 261 g/mol. The van der Waals surface area contributed by atoms with Gasteiger partial charge in [0.15, 0.2) is 0 Å². The molecule has 2 fully saturated rings. The van der Waals surface area contributed by atoms with Crippen LogP contribution >= 0.6 is 0 Å². The molecule has 2 rings (SSSR count). The van der Waals surface area contributed by atoms with Gasteiger partial charge in [-0.15, -0.1) is 0 Å². The van der Waals surface area contributed by atoms with Gasteiger partial charge in [-0.3, -0.25) is 4.90 Å².